The van der Waals surface area contributed by atoms with Gasteiger partial charge in [0.2, 0.25) is 11.9 Å². The van der Waals surface area contributed by atoms with Crippen molar-refractivity contribution in [1.82, 2.24) is 14.8 Å². The summed E-state index contributed by atoms with van der Waals surface area (Å²) in [5.74, 6) is 0.998. The van der Waals surface area contributed by atoms with Crippen molar-refractivity contribution in [3.8, 4) is 0 Å². The van der Waals surface area contributed by atoms with Gasteiger partial charge in [-0.25, -0.2) is 0 Å². The van der Waals surface area contributed by atoms with Crippen molar-refractivity contribution < 1.29 is 4.79 Å². The maximum absolute atomic E-state index is 12.7. The van der Waals surface area contributed by atoms with Crippen LogP contribution in [0.25, 0.3) is 0 Å². The third kappa shape index (κ3) is 3.41. The summed E-state index contributed by atoms with van der Waals surface area (Å²) >= 11 is 1.52. The first-order chi connectivity index (χ1) is 10.6. The Hall–Kier alpha value is -2.02. The van der Waals surface area contributed by atoms with E-state index in [1.54, 1.807) is 4.57 Å². The summed E-state index contributed by atoms with van der Waals surface area (Å²) in [6.45, 7) is 5.93. The first kappa shape index (κ1) is 16.4. The second-order valence-corrected chi connectivity index (χ2v) is 6.10. The van der Waals surface area contributed by atoms with Gasteiger partial charge in [-0.05, 0) is 30.7 Å². The van der Waals surface area contributed by atoms with Crippen molar-refractivity contribution in [2.24, 2.45) is 0 Å². The van der Waals surface area contributed by atoms with Crippen LogP contribution in [0.15, 0.2) is 29.4 Å². The van der Waals surface area contributed by atoms with Crippen molar-refractivity contribution in [2.45, 2.75) is 38.4 Å². The largest absolute Gasteiger partial charge is 0.368 e. The molecule has 1 amide bonds. The molecule has 0 saturated carbocycles. The fourth-order valence-corrected chi connectivity index (χ4v) is 2.94. The topological polar surface area (TPSA) is 85.8 Å². The molecule has 1 atom stereocenters. The molecule has 0 unspecified atom stereocenters. The molecule has 118 valence electrons. The quantitative estimate of drug-likeness (QED) is 0.800. The van der Waals surface area contributed by atoms with Crippen LogP contribution >= 0.6 is 11.8 Å². The van der Waals surface area contributed by atoms with Crippen LogP contribution < -0.4 is 11.1 Å². The molecule has 1 heterocycles. The molecule has 2 aromatic rings. The van der Waals surface area contributed by atoms with Crippen LogP contribution in [0, 0.1) is 6.92 Å². The van der Waals surface area contributed by atoms with Gasteiger partial charge in [0.15, 0.2) is 5.16 Å². The number of hydrogen-bond donors (Lipinski definition) is 2. The fourth-order valence-electron chi connectivity index (χ4n) is 2.22. The minimum absolute atomic E-state index is 0.110. The monoisotopic (exact) mass is 319 g/mol. The Morgan fingerprint density at radius 3 is 2.73 bits per heavy atom. The van der Waals surface area contributed by atoms with Gasteiger partial charge in [0, 0.05) is 5.69 Å². The van der Waals surface area contributed by atoms with E-state index >= 15 is 0 Å². The molecule has 0 aliphatic heterocycles. The number of nitrogens with two attached hydrogens (primary N) is 1. The number of thioether (sulfide) groups is 1. The molecule has 6 nitrogen and oxygen atoms in total. The molecule has 7 heteroatoms. The zero-order valence-electron chi connectivity index (χ0n) is 13.0. The van der Waals surface area contributed by atoms with Gasteiger partial charge < -0.3 is 11.1 Å². The Labute approximate surface area is 134 Å². The highest BCUT2D eigenvalue weighted by molar-refractivity contribution is 7.99. The van der Waals surface area contributed by atoms with Crippen molar-refractivity contribution in [2.75, 3.05) is 16.8 Å². The lowest BCUT2D eigenvalue weighted by molar-refractivity contribution is -0.119. The molecule has 0 bridgehead atoms. The average Bonchev–Trinajstić information content (AvgIpc) is 2.85. The molecule has 22 heavy (non-hydrogen) atoms. The van der Waals surface area contributed by atoms with Gasteiger partial charge in [-0.1, -0.05) is 43.8 Å². The van der Waals surface area contributed by atoms with Crippen molar-refractivity contribution in [3.05, 3.63) is 29.8 Å². The summed E-state index contributed by atoms with van der Waals surface area (Å²) in [6.07, 6.45) is 0.608. The Morgan fingerprint density at radius 2 is 2.09 bits per heavy atom. The van der Waals surface area contributed by atoms with E-state index in [2.05, 4.69) is 15.5 Å². The van der Waals surface area contributed by atoms with Gasteiger partial charge in [-0.2, -0.15) is 0 Å². The fraction of sp³-hybridized carbons (Fsp3) is 0.400. The molecule has 0 spiro atoms. The van der Waals surface area contributed by atoms with Crippen molar-refractivity contribution in [3.63, 3.8) is 0 Å². The number of benzene rings is 1. The standard InChI is InChI=1S/C15H21N5OS/c1-4-12(20-14(16)18-19-15(20)22-5-2)13(21)17-11-9-7-6-8-10(11)3/h6-9,12H,4-5H2,1-3H3,(H2,16,18)(H,17,21)/t12-/m1/s1. The SMILES string of the molecule is CCSc1nnc(N)n1[C@H](CC)C(=O)Nc1ccccc1C. The summed E-state index contributed by atoms with van der Waals surface area (Å²) in [5.41, 5.74) is 7.73. The van der Waals surface area contributed by atoms with Gasteiger partial charge >= 0.3 is 0 Å². The summed E-state index contributed by atoms with van der Waals surface area (Å²) in [4.78, 5) is 12.7. The Bertz CT molecular complexity index is 655. The van der Waals surface area contributed by atoms with E-state index in [-0.39, 0.29) is 11.9 Å². The van der Waals surface area contributed by atoms with Crippen LogP contribution in [0.3, 0.4) is 0 Å². The zero-order valence-corrected chi connectivity index (χ0v) is 13.9. The molecule has 1 aromatic carbocycles. The van der Waals surface area contributed by atoms with E-state index in [1.165, 1.54) is 11.8 Å². The van der Waals surface area contributed by atoms with Crippen LogP contribution in [-0.2, 0) is 4.79 Å². The maximum Gasteiger partial charge on any atom is 0.247 e. The number of nitrogen functional groups attached to an aromatic ring is 1. The maximum atomic E-state index is 12.7. The van der Waals surface area contributed by atoms with Crippen LogP contribution in [0.1, 0.15) is 31.9 Å². The Balaban J connectivity index is 2.26. The van der Waals surface area contributed by atoms with Crippen molar-refractivity contribution in [1.29, 1.82) is 0 Å². The molecular formula is C15H21N5OS. The predicted octanol–water partition coefficient (Wildman–Crippen LogP) is 2.87. The summed E-state index contributed by atoms with van der Waals surface area (Å²) in [5, 5.41) is 11.6. The van der Waals surface area contributed by atoms with E-state index < -0.39 is 6.04 Å². The first-order valence-electron chi connectivity index (χ1n) is 7.28. The molecule has 1 aromatic heterocycles. The van der Waals surface area contributed by atoms with E-state index in [9.17, 15) is 4.79 Å². The van der Waals surface area contributed by atoms with Crippen LogP contribution in [0.2, 0.25) is 0 Å². The van der Waals surface area contributed by atoms with E-state index in [0.717, 1.165) is 17.0 Å². The highest BCUT2D eigenvalue weighted by atomic mass is 32.2. The molecule has 3 N–H and O–H groups in total. The third-order valence-electron chi connectivity index (χ3n) is 3.37. The lowest BCUT2D eigenvalue weighted by atomic mass is 10.1. The third-order valence-corrected chi connectivity index (χ3v) is 4.19. The zero-order chi connectivity index (χ0) is 16.1. The minimum atomic E-state index is -0.427. The van der Waals surface area contributed by atoms with Gasteiger partial charge in [0.25, 0.3) is 0 Å². The van der Waals surface area contributed by atoms with Crippen LogP contribution in [-0.4, -0.2) is 26.4 Å². The number of carbonyl (C=O) groups is 1. The molecule has 2 rings (SSSR count). The molecular weight excluding hydrogens is 298 g/mol. The van der Waals surface area contributed by atoms with Crippen molar-refractivity contribution >= 4 is 29.3 Å². The Morgan fingerprint density at radius 1 is 1.36 bits per heavy atom. The molecule has 0 radical (unpaired) electrons. The number of nitrogens with zero attached hydrogens (tertiary/aromatic N) is 3. The lowest BCUT2D eigenvalue weighted by Gasteiger charge is -2.19. The molecule has 0 aliphatic carbocycles. The van der Waals surface area contributed by atoms with Gasteiger partial charge in [-0.3, -0.25) is 9.36 Å². The number of rotatable bonds is 6. The number of aromatic nitrogens is 3. The van der Waals surface area contributed by atoms with E-state index in [4.69, 9.17) is 5.73 Å². The average molecular weight is 319 g/mol. The van der Waals surface area contributed by atoms with E-state index in [0.29, 0.717) is 11.6 Å². The second-order valence-electron chi connectivity index (χ2n) is 4.87. The number of anilines is 2. The molecule has 0 saturated heterocycles. The minimum Gasteiger partial charge on any atom is -0.368 e. The summed E-state index contributed by atoms with van der Waals surface area (Å²) in [7, 11) is 0. The van der Waals surface area contributed by atoms with Crippen LogP contribution in [0.5, 0.6) is 0 Å². The predicted molar refractivity (Wildman–Crippen MR) is 90.0 cm³/mol. The lowest BCUT2D eigenvalue weighted by Crippen LogP contribution is -2.27. The summed E-state index contributed by atoms with van der Waals surface area (Å²) < 4.78 is 1.71. The number of amides is 1. The Kier molecular flexibility index (Phi) is 5.43. The van der Waals surface area contributed by atoms with E-state index in [1.807, 2.05) is 45.0 Å². The highest BCUT2D eigenvalue weighted by Gasteiger charge is 2.24. The normalized spacial score (nSPS) is 12.1. The molecule has 0 fully saturated rings. The second kappa shape index (κ2) is 7.31. The molecule has 0 aliphatic rings. The first-order valence-corrected chi connectivity index (χ1v) is 8.26. The van der Waals surface area contributed by atoms with Gasteiger partial charge in [0.05, 0.1) is 0 Å². The summed E-state index contributed by atoms with van der Waals surface area (Å²) in [6, 6.07) is 7.26. The number of carbonyl (C=O) groups excluding carboxylic acids is 1. The van der Waals surface area contributed by atoms with Crippen LogP contribution in [0.4, 0.5) is 11.6 Å². The number of hydrogen-bond acceptors (Lipinski definition) is 5. The number of aryl methyl sites for hydroxylation is 1. The number of nitrogens with one attached hydrogen (secondary N) is 1. The smallest absolute Gasteiger partial charge is 0.247 e. The number of para-hydroxylation sites is 1. The van der Waals surface area contributed by atoms with Gasteiger partial charge in [0.1, 0.15) is 6.04 Å². The highest BCUT2D eigenvalue weighted by Crippen LogP contribution is 2.26. The van der Waals surface area contributed by atoms with Gasteiger partial charge in [-0.15, -0.1) is 10.2 Å².